The van der Waals surface area contributed by atoms with Crippen molar-refractivity contribution < 1.29 is 42.0 Å². The van der Waals surface area contributed by atoms with Crippen LogP contribution in [0.4, 0.5) is 13.2 Å². The van der Waals surface area contributed by atoms with Gasteiger partial charge in [-0.2, -0.15) is 5.10 Å². The molecule has 0 atom stereocenters. The summed E-state index contributed by atoms with van der Waals surface area (Å²) in [5.41, 5.74) is 3.00. The first kappa shape index (κ1) is 26.3. The van der Waals surface area contributed by atoms with Gasteiger partial charge in [0.1, 0.15) is 29.5 Å². The highest BCUT2D eigenvalue weighted by Crippen LogP contribution is 2.30. The number of nitrogens with zero attached hydrogens (tertiary/aromatic N) is 3. The first-order valence-electron chi connectivity index (χ1n) is 11.1. The van der Waals surface area contributed by atoms with Crippen LogP contribution in [0.1, 0.15) is 11.3 Å². The predicted octanol–water partition coefficient (Wildman–Crippen LogP) is 5.19. The molecule has 4 rings (SSSR count). The van der Waals surface area contributed by atoms with Gasteiger partial charge < -0.3 is 24.1 Å². The Balaban J connectivity index is 1.59. The lowest BCUT2D eigenvalue weighted by Crippen LogP contribution is -2.16. The van der Waals surface area contributed by atoms with Gasteiger partial charge in [-0.15, -0.1) is 13.2 Å². The van der Waals surface area contributed by atoms with Crippen molar-refractivity contribution in [1.29, 1.82) is 0 Å². The molecule has 0 aliphatic carbocycles. The van der Waals surface area contributed by atoms with Gasteiger partial charge >= 0.3 is 12.3 Å². The molecule has 0 saturated heterocycles. The van der Waals surface area contributed by atoms with Crippen molar-refractivity contribution in [3.05, 3.63) is 78.1 Å². The maximum absolute atomic E-state index is 12.6. The zero-order chi connectivity index (χ0) is 27.3. The minimum atomic E-state index is -4.79. The fraction of sp³-hybridized carbons (Fsp3) is 0.192. The topological polar surface area (TPSA) is 105 Å². The Bertz CT molecular complexity index is 1400. The summed E-state index contributed by atoms with van der Waals surface area (Å²) in [6, 6.07) is 15.6. The van der Waals surface area contributed by atoms with Crippen LogP contribution in [0.3, 0.4) is 0 Å². The van der Waals surface area contributed by atoms with Gasteiger partial charge in [0, 0.05) is 11.6 Å². The van der Waals surface area contributed by atoms with Crippen molar-refractivity contribution in [2.75, 3.05) is 13.7 Å². The van der Waals surface area contributed by atoms with Crippen molar-refractivity contribution in [2.24, 2.45) is 0 Å². The lowest BCUT2D eigenvalue weighted by molar-refractivity contribution is -0.274. The van der Waals surface area contributed by atoms with E-state index in [4.69, 9.17) is 19.3 Å². The molecule has 2 aromatic heterocycles. The van der Waals surface area contributed by atoms with E-state index in [1.54, 1.807) is 54.2 Å². The SMILES string of the molecule is COc1ccc(-n2nc(COc3ccc(OCC(=O)O)c(C)c3)cc2-c2ccc(OC(F)(F)F)cc2)cn1. The molecule has 0 aliphatic rings. The maximum Gasteiger partial charge on any atom is 0.573 e. The van der Waals surface area contributed by atoms with Crippen LogP contribution in [0, 0.1) is 6.92 Å². The number of pyridine rings is 1. The van der Waals surface area contributed by atoms with Gasteiger partial charge in [0.05, 0.1) is 24.7 Å². The number of halogens is 3. The van der Waals surface area contributed by atoms with E-state index in [2.05, 4.69) is 14.8 Å². The fourth-order valence-corrected chi connectivity index (χ4v) is 3.52. The molecule has 0 unspecified atom stereocenters. The van der Waals surface area contributed by atoms with E-state index >= 15 is 0 Å². The van der Waals surface area contributed by atoms with Gasteiger partial charge in [-0.25, -0.2) is 14.5 Å². The smallest absolute Gasteiger partial charge is 0.487 e. The van der Waals surface area contributed by atoms with Crippen LogP contribution >= 0.6 is 0 Å². The van der Waals surface area contributed by atoms with Gasteiger partial charge in [0.2, 0.25) is 5.88 Å². The van der Waals surface area contributed by atoms with Crippen LogP contribution in [-0.2, 0) is 11.4 Å². The van der Waals surface area contributed by atoms with Gasteiger partial charge in [-0.3, -0.25) is 0 Å². The molecular weight excluding hydrogens is 507 g/mol. The number of hydrogen-bond acceptors (Lipinski definition) is 7. The summed E-state index contributed by atoms with van der Waals surface area (Å²) in [6.07, 6.45) is -3.23. The number of carboxylic acid groups (broad SMARTS) is 1. The summed E-state index contributed by atoms with van der Waals surface area (Å²) in [6.45, 7) is 1.39. The minimum absolute atomic E-state index is 0.0770. The number of ether oxygens (including phenoxy) is 4. The van der Waals surface area contributed by atoms with E-state index < -0.39 is 18.9 Å². The monoisotopic (exact) mass is 529 g/mol. The molecule has 0 radical (unpaired) electrons. The van der Waals surface area contributed by atoms with Crippen LogP contribution in [-0.4, -0.2) is 45.9 Å². The largest absolute Gasteiger partial charge is 0.573 e. The Morgan fingerprint density at radius 1 is 1.00 bits per heavy atom. The molecule has 0 amide bonds. The van der Waals surface area contributed by atoms with Gasteiger partial charge in [0.25, 0.3) is 0 Å². The number of alkyl halides is 3. The Hall–Kier alpha value is -4.74. The van der Waals surface area contributed by atoms with Crippen molar-refractivity contribution in [2.45, 2.75) is 19.9 Å². The molecule has 0 bridgehead atoms. The van der Waals surface area contributed by atoms with Crippen LogP contribution in [0.2, 0.25) is 0 Å². The number of aliphatic carboxylic acids is 1. The van der Waals surface area contributed by atoms with Gasteiger partial charge in [0.15, 0.2) is 6.61 Å². The highest BCUT2D eigenvalue weighted by molar-refractivity contribution is 5.68. The van der Waals surface area contributed by atoms with Crippen molar-refractivity contribution in [3.8, 4) is 40.1 Å². The number of methoxy groups -OCH3 is 1. The summed E-state index contributed by atoms with van der Waals surface area (Å²) in [5, 5.41) is 13.4. The first-order valence-corrected chi connectivity index (χ1v) is 11.1. The Morgan fingerprint density at radius 2 is 1.74 bits per heavy atom. The van der Waals surface area contributed by atoms with E-state index in [1.165, 1.54) is 31.4 Å². The molecule has 1 N–H and O–H groups in total. The molecule has 2 heterocycles. The van der Waals surface area contributed by atoms with Crippen LogP contribution in [0.15, 0.2) is 66.9 Å². The summed E-state index contributed by atoms with van der Waals surface area (Å²) in [5.74, 6) is -0.0676. The van der Waals surface area contributed by atoms with E-state index in [9.17, 15) is 18.0 Å². The van der Waals surface area contributed by atoms with Gasteiger partial charge in [-0.1, -0.05) is 0 Å². The molecule has 9 nitrogen and oxygen atoms in total. The Kier molecular flexibility index (Phi) is 7.70. The molecule has 4 aromatic rings. The normalized spacial score (nSPS) is 11.2. The lowest BCUT2D eigenvalue weighted by Gasteiger charge is -2.10. The third-order valence-corrected chi connectivity index (χ3v) is 5.20. The molecule has 38 heavy (non-hydrogen) atoms. The predicted molar refractivity (Wildman–Crippen MR) is 129 cm³/mol. The second kappa shape index (κ2) is 11.1. The standard InChI is InChI=1S/C26H22F3N3O6/c1-16-11-21(8-9-23(16)37-15-25(33)34)36-14-18-12-22(17-3-6-20(7-4-17)38-26(27,28)29)32(31-18)19-5-10-24(35-2)30-13-19/h3-13H,14-15H2,1-2H3,(H,33,34). The lowest BCUT2D eigenvalue weighted by atomic mass is 10.1. The molecule has 0 saturated carbocycles. The van der Waals surface area contributed by atoms with Crippen molar-refractivity contribution in [3.63, 3.8) is 0 Å². The minimum Gasteiger partial charge on any atom is -0.487 e. The summed E-state index contributed by atoms with van der Waals surface area (Å²) in [7, 11) is 1.49. The quantitative estimate of drug-likeness (QED) is 0.299. The van der Waals surface area contributed by atoms with Crippen LogP contribution < -0.4 is 18.9 Å². The van der Waals surface area contributed by atoms with Crippen LogP contribution in [0.5, 0.6) is 23.1 Å². The average Bonchev–Trinajstić information content (AvgIpc) is 3.30. The molecule has 198 valence electrons. The molecule has 0 fully saturated rings. The number of aromatic nitrogens is 3. The van der Waals surface area contributed by atoms with Crippen molar-refractivity contribution >= 4 is 5.97 Å². The highest BCUT2D eigenvalue weighted by Gasteiger charge is 2.31. The van der Waals surface area contributed by atoms with Crippen LogP contribution in [0.25, 0.3) is 16.9 Å². The highest BCUT2D eigenvalue weighted by atomic mass is 19.4. The molecule has 2 aromatic carbocycles. The van der Waals surface area contributed by atoms with E-state index in [0.29, 0.717) is 45.6 Å². The summed E-state index contributed by atoms with van der Waals surface area (Å²) < 4.78 is 59.5. The van der Waals surface area contributed by atoms with E-state index in [-0.39, 0.29) is 12.4 Å². The zero-order valence-corrected chi connectivity index (χ0v) is 20.2. The number of carbonyl (C=O) groups is 1. The fourth-order valence-electron chi connectivity index (χ4n) is 3.52. The van der Waals surface area contributed by atoms with Crippen molar-refractivity contribution in [1.82, 2.24) is 14.8 Å². The average molecular weight is 529 g/mol. The molecule has 0 aliphatic heterocycles. The third kappa shape index (κ3) is 6.72. The first-order chi connectivity index (χ1) is 18.1. The number of rotatable bonds is 10. The Morgan fingerprint density at radius 3 is 2.34 bits per heavy atom. The summed E-state index contributed by atoms with van der Waals surface area (Å²) >= 11 is 0. The Labute approximate surface area is 215 Å². The number of aryl methyl sites for hydroxylation is 1. The second-order valence-corrected chi connectivity index (χ2v) is 7.96. The molecular formula is C26H22F3N3O6. The van der Waals surface area contributed by atoms with E-state index in [1.807, 2.05) is 0 Å². The third-order valence-electron chi connectivity index (χ3n) is 5.20. The number of carboxylic acids is 1. The molecule has 12 heteroatoms. The maximum atomic E-state index is 12.6. The number of hydrogen-bond donors (Lipinski definition) is 1. The van der Waals surface area contributed by atoms with Gasteiger partial charge in [-0.05, 0) is 67.1 Å². The number of benzene rings is 2. The molecule has 0 spiro atoms. The zero-order valence-electron chi connectivity index (χ0n) is 20.2. The van der Waals surface area contributed by atoms with E-state index in [0.717, 1.165) is 0 Å². The summed E-state index contributed by atoms with van der Waals surface area (Å²) in [4.78, 5) is 14.9. The second-order valence-electron chi connectivity index (χ2n) is 7.96.